The Kier molecular flexibility index (Phi) is 37.9. The molecule has 10 aromatic rings. The van der Waals surface area contributed by atoms with Crippen molar-refractivity contribution >= 4 is 81.6 Å². The maximum absolute atomic E-state index is 13.1. The first kappa shape index (κ1) is 104. The highest BCUT2D eigenvalue weighted by molar-refractivity contribution is 9.10. The fourth-order valence-corrected chi connectivity index (χ4v) is 14.2. The topological polar surface area (TPSA) is 393 Å². The molecule has 0 saturated carbocycles. The lowest BCUT2D eigenvalue weighted by atomic mass is 10.1. The summed E-state index contributed by atoms with van der Waals surface area (Å²) in [6.45, 7) is 27.4. The van der Waals surface area contributed by atoms with E-state index in [0.717, 1.165) is 36.6 Å². The first-order chi connectivity index (χ1) is 64.9. The second-order valence-electron chi connectivity index (χ2n) is 34.3. The van der Waals surface area contributed by atoms with Crippen LogP contribution in [0, 0.1) is 11.8 Å². The molecule has 2 N–H and O–H groups in total. The summed E-state index contributed by atoms with van der Waals surface area (Å²) in [6, 6.07) is 65.0. The van der Waals surface area contributed by atoms with Crippen molar-refractivity contribution in [1.82, 2.24) is 30.0 Å². The van der Waals surface area contributed by atoms with Crippen LogP contribution in [0.4, 0.5) is 14.4 Å². The maximum Gasteiger partial charge on any atom is 0.410 e. The molecule has 136 heavy (non-hydrogen) atoms. The molecule has 6 unspecified atom stereocenters. The Labute approximate surface area is 797 Å². The highest BCUT2D eigenvalue weighted by Crippen LogP contribution is 2.38. The van der Waals surface area contributed by atoms with Gasteiger partial charge in [-0.25, -0.2) is 38.7 Å². The second kappa shape index (κ2) is 49.7. The molecule has 4 aliphatic heterocycles. The van der Waals surface area contributed by atoms with Crippen molar-refractivity contribution in [2.45, 2.75) is 155 Å². The summed E-state index contributed by atoms with van der Waals surface area (Å²) in [4.78, 5) is 147. The number of aromatic nitrogens is 2. The summed E-state index contributed by atoms with van der Waals surface area (Å²) in [5.41, 5.74) is 1.19. The van der Waals surface area contributed by atoms with E-state index in [2.05, 4.69) is 31.2 Å². The van der Waals surface area contributed by atoms with Crippen LogP contribution >= 0.6 is 15.9 Å². The molecule has 0 radical (unpaired) electrons. The van der Waals surface area contributed by atoms with Crippen LogP contribution in [0.15, 0.2) is 227 Å². The van der Waals surface area contributed by atoms with Gasteiger partial charge in [0.15, 0.2) is 16.5 Å². The molecule has 0 bridgehead atoms. The summed E-state index contributed by atoms with van der Waals surface area (Å²) < 4.78 is 76.3. The van der Waals surface area contributed by atoms with E-state index in [4.69, 9.17) is 70.8 Å². The fraction of sp³-hybridized carbons (Fsp3) is 0.369. The number of alkyl halides is 1. The molecule has 14 rings (SSSR count). The van der Waals surface area contributed by atoms with Crippen LogP contribution in [0.25, 0.3) is 22.5 Å². The number of carboxylic acids is 1. The van der Waals surface area contributed by atoms with Crippen LogP contribution in [0.3, 0.4) is 0 Å². The van der Waals surface area contributed by atoms with Gasteiger partial charge in [0, 0.05) is 74.0 Å². The molecule has 3 amide bonds. The number of aliphatic carboxylic acids is 1. The van der Waals surface area contributed by atoms with Gasteiger partial charge < -0.3 is 90.8 Å². The highest BCUT2D eigenvalue weighted by atomic mass is 79.9. The minimum absolute atomic E-state index is 0.0138. The van der Waals surface area contributed by atoms with Gasteiger partial charge in [-0.15, -0.1) is 0 Å². The molecule has 8 aromatic carbocycles. The van der Waals surface area contributed by atoms with Crippen molar-refractivity contribution in [3.8, 4) is 68.5 Å². The molecule has 4 fully saturated rings. The molecule has 4 saturated heterocycles. The smallest absolute Gasteiger partial charge is 0.410 e. The van der Waals surface area contributed by atoms with E-state index in [9.17, 15) is 52.7 Å². The van der Waals surface area contributed by atoms with Crippen molar-refractivity contribution in [3.63, 3.8) is 0 Å². The lowest BCUT2D eigenvalue weighted by Crippen LogP contribution is -2.39. The van der Waals surface area contributed by atoms with E-state index in [-0.39, 0.29) is 80.3 Å². The number of likely N-dealkylation sites (tertiary alicyclic amines) is 3. The number of halogens is 1. The predicted molar refractivity (Wildman–Crippen MR) is 504 cm³/mol. The number of hydrogen-bond donors (Lipinski definition) is 2. The van der Waals surface area contributed by atoms with Gasteiger partial charge in [0.1, 0.15) is 74.2 Å². The zero-order valence-electron chi connectivity index (χ0n) is 78.3. The summed E-state index contributed by atoms with van der Waals surface area (Å²) in [5, 5.41) is 12.1. The van der Waals surface area contributed by atoms with Crippen LogP contribution in [0.1, 0.15) is 181 Å². The quantitative estimate of drug-likeness (QED) is 0.0159. The number of amides is 3. The Morgan fingerprint density at radius 1 is 0.404 bits per heavy atom. The molecule has 33 heteroatoms. The largest absolute Gasteiger partial charge is 0.481 e. The number of rotatable bonds is 27. The number of benzene rings is 8. The van der Waals surface area contributed by atoms with Gasteiger partial charge in [0.25, 0.3) is 6.10 Å². The maximum atomic E-state index is 13.1. The predicted octanol–water partition coefficient (Wildman–Crippen LogP) is 20.1. The second-order valence-corrected chi connectivity index (χ2v) is 35.3. The van der Waals surface area contributed by atoms with E-state index in [1.54, 1.807) is 123 Å². The van der Waals surface area contributed by atoms with Crippen molar-refractivity contribution in [3.05, 3.63) is 253 Å². The average molecular weight is 1930 g/mol. The zero-order chi connectivity index (χ0) is 98.2. The molecule has 0 spiro atoms. The monoisotopic (exact) mass is 1930 g/mol. The Hall–Kier alpha value is -14.2. The number of ketones is 2. The third kappa shape index (κ3) is 31.7. The SMILES string of the molecule is CC(C)(C)OC(=O)N1CCC(C(=O)O)C1.CCOC(=O)C(Br)C(=O)c1ccc(Oc2ccccc2)cc1.CCOC(=O)C(OC(=O)C1CCN(C(=O)OC(C)(C)C)C1)C(=O)c1ccc(Oc2ccccc2)cc1.CCOC(=O)c1oc(C2CCN(C(=O)OC(C)(C)C)C2)nc1-c1ccc(Oc2ccccc2)cc1.CCOC(=O)c1oc(C2CCNC2)nc1-c1ccc(Oc2ccccc2)cc1. The van der Waals surface area contributed by atoms with Crippen molar-refractivity contribution < 1.29 is 124 Å². The average Bonchev–Trinajstić information content (AvgIpc) is 1.63. The molecule has 4 aliphatic rings. The number of esters is 5. The van der Waals surface area contributed by atoms with Crippen LogP contribution in [0.2, 0.25) is 0 Å². The lowest BCUT2D eigenvalue weighted by Gasteiger charge is -2.24. The van der Waals surface area contributed by atoms with Gasteiger partial charge in [-0.3, -0.25) is 24.0 Å². The van der Waals surface area contributed by atoms with E-state index >= 15 is 0 Å². The first-order valence-electron chi connectivity index (χ1n) is 44.8. The Bertz CT molecular complexity index is 5620. The highest BCUT2D eigenvalue weighted by Gasteiger charge is 2.41. The van der Waals surface area contributed by atoms with Gasteiger partial charge in [0.05, 0.1) is 44.2 Å². The number of carbonyl (C=O) groups excluding carboxylic acids is 10. The third-order valence-corrected chi connectivity index (χ3v) is 21.1. The normalized spacial score (nSPS) is 15.9. The fourth-order valence-electron chi connectivity index (χ4n) is 13.8. The molecular weight excluding hydrogens is 1820 g/mol. The van der Waals surface area contributed by atoms with Gasteiger partial charge in [-0.1, -0.05) is 88.7 Å². The number of carboxylic acid groups (broad SMARTS) is 1. The Morgan fingerprint density at radius 3 is 1.09 bits per heavy atom. The van der Waals surface area contributed by atoms with Crippen LogP contribution in [-0.4, -0.2) is 202 Å². The van der Waals surface area contributed by atoms with Gasteiger partial charge in [-0.2, -0.15) is 0 Å². The van der Waals surface area contributed by atoms with Gasteiger partial charge >= 0.3 is 54.1 Å². The Balaban J connectivity index is 0.000000180. The summed E-state index contributed by atoms with van der Waals surface area (Å²) >= 11 is 3.06. The van der Waals surface area contributed by atoms with Gasteiger partial charge in [0.2, 0.25) is 23.2 Å². The van der Waals surface area contributed by atoms with E-state index in [1.807, 2.05) is 178 Å². The molecule has 32 nitrogen and oxygen atoms in total. The van der Waals surface area contributed by atoms with Crippen LogP contribution < -0.4 is 24.3 Å². The van der Waals surface area contributed by atoms with E-state index in [1.165, 1.54) is 21.9 Å². The lowest BCUT2D eigenvalue weighted by molar-refractivity contribution is -0.166. The first-order valence-corrected chi connectivity index (χ1v) is 45.7. The summed E-state index contributed by atoms with van der Waals surface area (Å²) in [5.74, 6) is 0.110. The Morgan fingerprint density at radius 2 is 0.735 bits per heavy atom. The molecule has 720 valence electrons. The minimum Gasteiger partial charge on any atom is -0.481 e. The van der Waals surface area contributed by atoms with Crippen molar-refractivity contribution in [1.29, 1.82) is 0 Å². The van der Waals surface area contributed by atoms with Crippen LogP contribution in [0.5, 0.6) is 46.0 Å². The number of hydrogen-bond acceptors (Lipinski definition) is 28. The molecular formula is C103H115BrN6O26. The molecule has 2 aromatic heterocycles. The summed E-state index contributed by atoms with van der Waals surface area (Å²) in [6.07, 6.45) is -0.653. The summed E-state index contributed by atoms with van der Waals surface area (Å²) in [7, 11) is 0. The zero-order valence-corrected chi connectivity index (χ0v) is 79.9. The standard InChI is InChI=1S/C27H30N2O6.C27H31NO8.C22H22N2O4.C17H15BrO4.C10H17NO4/c1-5-32-25(30)23-22(18-11-13-21(14-12-18)33-20-9-7-6-8-10-20)28-24(34-23)19-15-16-29(17-19)26(31)35-27(2,3)4;1-5-33-25(31)23(35-24(30)19-15-16-28(17-19)26(32)36-27(2,3)4)22(29)18-11-13-21(14-12-18)34-20-9-7-6-8-10-20;1-2-26-22(25)20-19(24-21(28-20)16-12-13-23-14-16)15-8-10-18(11-9-15)27-17-6-4-3-5-7-17;1-2-21-17(20)15(18)16(19)12-8-10-14(11-9-12)22-13-6-4-3-5-7-13;1-10(2,3)15-9(14)11-5-4-7(6-11)8(12)13/h6-14,19H,5,15-17H2,1-4H3;6-14,19,23H,5,15-17H2,1-4H3;3-11,16,23H,2,12-14H2,1H3;3-11,15H,2H2,1H3;7H,4-6H2,1-3H3,(H,12,13). The van der Waals surface area contributed by atoms with Crippen LogP contribution in [-0.2, 0) is 57.1 Å². The minimum atomic E-state index is -1.76. The number of Topliss-reactive ketones (excluding diaryl/α,β-unsaturated/α-hetero) is 2. The third-order valence-electron chi connectivity index (χ3n) is 20.3. The van der Waals surface area contributed by atoms with E-state index in [0.29, 0.717) is 114 Å². The number of nitrogens with zero attached hydrogens (tertiary/aromatic N) is 5. The molecule has 6 atom stereocenters. The molecule has 6 heterocycles. The van der Waals surface area contributed by atoms with Crippen molar-refractivity contribution in [2.75, 3.05) is 78.8 Å². The number of para-hydroxylation sites is 4. The van der Waals surface area contributed by atoms with Crippen molar-refractivity contribution in [2.24, 2.45) is 11.8 Å². The number of nitrogens with one attached hydrogen (secondary N) is 1. The molecule has 0 aliphatic carbocycles. The van der Waals surface area contributed by atoms with Gasteiger partial charge in [-0.05, 0) is 268 Å². The number of oxazole rings is 2. The van der Waals surface area contributed by atoms with E-state index < -0.39 is 93.4 Å². The number of ether oxygens (including phenoxy) is 12. The number of carbonyl (C=O) groups is 11.